The molecule has 3 rings (SSSR count). The van der Waals surface area contributed by atoms with Crippen molar-refractivity contribution in [3.05, 3.63) is 59.8 Å². The summed E-state index contributed by atoms with van der Waals surface area (Å²) in [6.07, 6.45) is 1.86. The predicted molar refractivity (Wildman–Crippen MR) is 79.2 cm³/mol. The SMILES string of the molecule is O=C(NCc1ccc2[nH]ccc2c1)c1cccc(O)c1O. The van der Waals surface area contributed by atoms with Crippen LogP contribution in [0, 0.1) is 0 Å². The molecule has 4 N–H and O–H groups in total. The number of para-hydroxylation sites is 1. The molecular formula is C16H14N2O3. The van der Waals surface area contributed by atoms with Crippen LogP contribution in [-0.2, 0) is 6.54 Å². The average molecular weight is 282 g/mol. The van der Waals surface area contributed by atoms with E-state index in [0.29, 0.717) is 6.54 Å². The number of aromatic nitrogens is 1. The van der Waals surface area contributed by atoms with Crippen molar-refractivity contribution in [2.24, 2.45) is 0 Å². The van der Waals surface area contributed by atoms with Gasteiger partial charge in [-0.2, -0.15) is 0 Å². The molecule has 1 amide bonds. The first kappa shape index (κ1) is 13.1. The number of hydrogen-bond donors (Lipinski definition) is 4. The fourth-order valence-corrected chi connectivity index (χ4v) is 2.20. The number of rotatable bonds is 3. The lowest BCUT2D eigenvalue weighted by Crippen LogP contribution is -2.22. The number of fused-ring (bicyclic) bond motifs is 1. The van der Waals surface area contributed by atoms with Crippen molar-refractivity contribution >= 4 is 16.8 Å². The first-order chi connectivity index (χ1) is 10.1. The third-order valence-corrected chi connectivity index (χ3v) is 3.33. The van der Waals surface area contributed by atoms with Crippen LogP contribution in [-0.4, -0.2) is 21.1 Å². The Morgan fingerprint density at radius 1 is 1.14 bits per heavy atom. The Kier molecular flexibility index (Phi) is 3.23. The van der Waals surface area contributed by atoms with E-state index in [1.165, 1.54) is 18.2 Å². The molecule has 0 saturated carbocycles. The van der Waals surface area contributed by atoms with Crippen molar-refractivity contribution < 1.29 is 15.0 Å². The van der Waals surface area contributed by atoms with Gasteiger partial charge < -0.3 is 20.5 Å². The normalized spacial score (nSPS) is 10.7. The summed E-state index contributed by atoms with van der Waals surface area (Å²) < 4.78 is 0. The standard InChI is InChI=1S/C16H14N2O3/c19-14-3-1-2-12(15(14)20)16(21)18-9-10-4-5-13-11(8-10)6-7-17-13/h1-8,17,19-20H,9H2,(H,18,21). The summed E-state index contributed by atoms with van der Waals surface area (Å²) in [5, 5.41) is 22.9. The number of hydrogen-bond acceptors (Lipinski definition) is 3. The molecule has 1 aromatic heterocycles. The first-order valence-electron chi connectivity index (χ1n) is 6.50. The van der Waals surface area contributed by atoms with Gasteiger partial charge in [-0.3, -0.25) is 4.79 Å². The number of carbonyl (C=O) groups excluding carboxylic acids is 1. The molecule has 0 aliphatic carbocycles. The summed E-state index contributed by atoms with van der Waals surface area (Å²) in [5.41, 5.74) is 2.04. The molecule has 5 nitrogen and oxygen atoms in total. The minimum absolute atomic E-state index is 0.0534. The zero-order valence-corrected chi connectivity index (χ0v) is 11.1. The molecule has 0 aliphatic rings. The highest BCUT2D eigenvalue weighted by Crippen LogP contribution is 2.28. The average Bonchev–Trinajstić information content (AvgIpc) is 2.95. The molecule has 0 atom stereocenters. The van der Waals surface area contributed by atoms with E-state index < -0.39 is 11.7 Å². The van der Waals surface area contributed by atoms with Gasteiger partial charge in [-0.15, -0.1) is 0 Å². The quantitative estimate of drug-likeness (QED) is 0.557. The van der Waals surface area contributed by atoms with Crippen molar-refractivity contribution in [1.29, 1.82) is 0 Å². The van der Waals surface area contributed by atoms with E-state index in [0.717, 1.165) is 16.5 Å². The minimum atomic E-state index is -0.433. The van der Waals surface area contributed by atoms with E-state index in [2.05, 4.69) is 10.3 Å². The van der Waals surface area contributed by atoms with Crippen LogP contribution in [0.15, 0.2) is 48.7 Å². The maximum Gasteiger partial charge on any atom is 0.255 e. The van der Waals surface area contributed by atoms with E-state index in [1.807, 2.05) is 30.5 Å². The van der Waals surface area contributed by atoms with Gasteiger partial charge in [-0.05, 0) is 41.3 Å². The summed E-state index contributed by atoms with van der Waals surface area (Å²) in [7, 11) is 0. The van der Waals surface area contributed by atoms with Gasteiger partial charge in [-0.1, -0.05) is 12.1 Å². The number of nitrogens with one attached hydrogen (secondary N) is 2. The maximum atomic E-state index is 12.0. The van der Waals surface area contributed by atoms with Gasteiger partial charge in [0.1, 0.15) is 0 Å². The van der Waals surface area contributed by atoms with Gasteiger partial charge in [-0.25, -0.2) is 0 Å². The zero-order valence-electron chi connectivity index (χ0n) is 11.1. The number of aromatic amines is 1. The summed E-state index contributed by atoms with van der Waals surface area (Å²) in [5.74, 6) is -1.15. The molecular weight excluding hydrogens is 268 g/mol. The Balaban J connectivity index is 1.74. The zero-order chi connectivity index (χ0) is 14.8. The maximum absolute atomic E-state index is 12.0. The Labute approximate surface area is 120 Å². The number of benzene rings is 2. The van der Waals surface area contributed by atoms with Crippen LogP contribution in [0.5, 0.6) is 11.5 Å². The Bertz CT molecular complexity index is 808. The third-order valence-electron chi connectivity index (χ3n) is 3.33. The van der Waals surface area contributed by atoms with Gasteiger partial charge in [0.05, 0.1) is 5.56 Å². The van der Waals surface area contributed by atoms with E-state index in [4.69, 9.17) is 0 Å². The van der Waals surface area contributed by atoms with Crippen molar-refractivity contribution in [2.45, 2.75) is 6.54 Å². The second-order valence-electron chi connectivity index (χ2n) is 4.76. The molecule has 0 saturated heterocycles. The van der Waals surface area contributed by atoms with Crippen LogP contribution < -0.4 is 5.32 Å². The Hall–Kier alpha value is -2.95. The van der Waals surface area contributed by atoms with Crippen LogP contribution in [0.3, 0.4) is 0 Å². The highest BCUT2D eigenvalue weighted by Gasteiger charge is 2.13. The molecule has 0 radical (unpaired) electrons. The lowest BCUT2D eigenvalue weighted by Gasteiger charge is -2.08. The molecule has 106 valence electrons. The van der Waals surface area contributed by atoms with Crippen molar-refractivity contribution in [3.8, 4) is 11.5 Å². The van der Waals surface area contributed by atoms with Crippen LogP contribution in [0.4, 0.5) is 0 Å². The van der Waals surface area contributed by atoms with Gasteiger partial charge in [0.15, 0.2) is 11.5 Å². The second kappa shape index (κ2) is 5.20. The fraction of sp³-hybridized carbons (Fsp3) is 0.0625. The summed E-state index contributed by atoms with van der Waals surface area (Å²) in [6, 6.07) is 12.1. The molecule has 0 bridgehead atoms. The highest BCUT2D eigenvalue weighted by atomic mass is 16.3. The molecule has 1 heterocycles. The van der Waals surface area contributed by atoms with Crippen molar-refractivity contribution in [3.63, 3.8) is 0 Å². The highest BCUT2D eigenvalue weighted by molar-refractivity contribution is 5.97. The smallest absolute Gasteiger partial charge is 0.255 e. The minimum Gasteiger partial charge on any atom is -0.504 e. The number of carbonyl (C=O) groups is 1. The number of phenols is 2. The monoisotopic (exact) mass is 282 g/mol. The van der Waals surface area contributed by atoms with E-state index in [1.54, 1.807) is 0 Å². The molecule has 0 aliphatic heterocycles. The van der Waals surface area contributed by atoms with Crippen LogP contribution in [0.1, 0.15) is 15.9 Å². The number of aromatic hydroxyl groups is 2. The van der Waals surface area contributed by atoms with Crippen molar-refractivity contribution in [2.75, 3.05) is 0 Å². The molecule has 3 aromatic rings. The number of phenolic OH excluding ortho intramolecular Hbond substituents is 2. The van der Waals surface area contributed by atoms with Crippen LogP contribution in [0.25, 0.3) is 10.9 Å². The lowest BCUT2D eigenvalue weighted by atomic mass is 10.1. The largest absolute Gasteiger partial charge is 0.504 e. The van der Waals surface area contributed by atoms with E-state index in [-0.39, 0.29) is 11.3 Å². The number of H-pyrrole nitrogens is 1. The molecule has 21 heavy (non-hydrogen) atoms. The van der Waals surface area contributed by atoms with Gasteiger partial charge in [0, 0.05) is 18.3 Å². The summed E-state index contributed by atoms with van der Waals surface area (Å²) in [4.78, 5) is 15.1. The van der Waals surface area contributed by atoms with Crippen molar-refractivity contribution in [1.82, 2.24) is 10.3 Å². The van der Waals surface area contributed by atoms with Gasteiger partial charge in [0.25, 0.3) is 5.91 Å². The Morgan fingerprint density at radius 2 is 2.00 bits per heavy atom. The van der Waals surface area contributed by atoms with Crippen LogP contribution in [0.2, 0.25) is 0 Å². The fourth-order valence-electron chi connectivity index (χ4n) is 2.20. The second-order valence-corrected chi connectivity index (χ2v) is 4.76. The Morgan fingerprint density at radius 3 is 2.86 bits per heavy atom. The molecule has 0 fully saturated rings. The number of amides is 1. The molecule has 5 heteroatoms. The van der Waals surface area contributed by atoms with Gasteiger partial charge in [0.2, 0.25) is 0 Å². The topological polar surface area (TPSA) is 85.4 Å². The van der Waals surface area contributed by atoms with E-state index >= 15 is 0 Å². The van der Waals surface area contributed by atoms with Gasteiger partial charge >= 0.3 is 0 Å². The van der Waals surface area contributed by atoms with E-state index in [9.17, 15) is 15.0 Å². The molecule has 0 spiro atoms. The summed E-state index contributed by atoms with van der Waals surface area (Å²) >= 11 is 0. The predicted octanol–water partition coefficient (Wildman–Crippen LogP) is 2.51. The molecule has 0 unspecified atom stereocenters. The lowest BCUT2D eigenvalue weighted by molar-refractivity contribution is 0.0947. The molecule has 2 aromatic carbocycles. The van der Waals surface area contributed by atoms with Crippen LogP contribution >= 0.6 is 0 Å². The first-order valence-corrected chi connectivity index (χ1v) is 6.50. The summed E-state index contributed by atoms with van der Waals surface area (Å²) in [6.45, 7) is 0.342. The third kappa shape index (κ3) is 2.53.